The molecule has 0 radical (unpaired) electrons. The highest BCUT2D eigenvalue weighted by Gasteiger charge is 2.06. The minimum atomic E-state index is -0.353. The third-order valence-corrected chi connectivity index (χ3v) is 3.84. The Hall–Kier alpha value is -2.14. The van der Waals surface area contributed by atoms with Crippen molar-refractivity contribution in [1.29, 1.82) is 0 Å². The molecule has 0 heterocycles. The topological polar surface area (TPSA) is 53.5 Å². The Morgan fingerprint density at radius 2 is 1.64 bits per heavy atom. The molecule has 2 rings (SSSR count). The number of amides is 2. The molecule has 2 aromatic rings. The largest absolute Gasteiger partial charge is 0.339 e. The van der Waals surface area contributed by atoms with E-state index in [-0.39, 0.29) is 6.03 Å². The minimum absolute atomic E-state index is 0.353. The molecule has 5 heteroatoms. The summed E-state index contributed by atoms with van der Waals surface area (Å²) in [7, 11) is 0. The monoisotopic (exact) mass is 359 g/mol. The molecule has 0 bridgehead atoms. The number of hydrazone groups is 1. The molecule has 0 aliphatic heterocycles. The van der Waals surface area contributed by atoms with Gasteiger partial charge in [-0.15, -0.1) is 0 Å². The highest BCUT2D eigenvalue weighted by Crippen LogP contribution is 2.19. The number of anilines is 1. The van der Waals surface area contributed by atoms with Gasteiger partial charge in [-0.3, -0.25) is 0 Å². The number of carbonyl (C=O) groups excluding carboxylic acids is 1. The first kappa shape index (κ1) is 16.2. The summed E-state index contributed by atoms with van der Waals surface area (Å²) in [4.78, 5) is 12.0. The fourth-order valence-corrected chi connectivity index (χ4v) is 2.31. The molecule has 4 nitrogen and oxygen atoms in total. The molecule has 0 aliphatic rings. The molecule has 0 saturated heterocycles. The zero-order valence-corrected chi connectivity index (χ0v) is 14.4. The molecule has 0 unspecified atom stereocenters. The molecule has 2 amide bonds. The van der Waals surface area contributed by atoms with Crippen LogP contribution in [0.1, 0.15) is 23.6 Å². The number of para-hydroxylation sites is 1. The highest BCUT2D eigenvalue weighted by atomic mass is 79.9. The van der Waals surface area contributed by atoms with Gasteiger partial charge in [0.1, 0.15) is 0 Å². The van der Waals surface area contributed by atoms with Gasteiger partial charge in [0.25, 0.3) is 0 Å². The van der Waals surface area contributed by atoms with Crippen LogP contribution in [0, 0.1) is 13.8 Å². The van der Waals surface area contributed by atoms with Gasteiger partial charge >= 0.3 is 6.03 Å². The Bertz CT molecular complexity index is 688. The van der Waals surface area contributed by atoms with Gasteiger partial charge in [-0.1, -0.05) is 46.3 Å². The molecule has 0 saturated carbocycles. The van der Waals surface area contributed by atoms with Crippen molar-refractivity contribution in [3.63, 3.8) is 0 Å². The third-order valence-electron chi connectivity index (χ3n) is 3.31. The van der Waals surface area contributed by atoms with Crippen LogP contribution in [-0.2, 0) is 0 Å². The summed E-state index contributed by atoms with van der Waals surface area (Å²) in [5.41, 5.74) is 7.07. The van der Waals surface area contributed by atoms with E-state index in [2.05, 4.69) is 31.8 Å². The van der Waals surface area contributed by atoms with Crippen molar-refractivity contribution < 1.29 is 4.79 Å². The van der Waals surface area contributed by atoms with Crippen LogP contribution in [0.2, 0.25) is 0 Å². The van der Waals surface area contributed by atoms with Gasteiger partial charge in [0.05, 0.1) is 5.71 Å². The standard InChI is InChI=1S/C17H18BrN3O/c1-11-5-4-6-12(2)16(11)19-17(22)21-20-13(3)14-7-9-15(18)10-8-14/h4-10H,1-3H3,(H2,19,21,22)/b20-13+. The van der Waals surface area contributed by atoms with E-state index in [1.54, 1.807) is 0 Å². The lowest BCUT2D eigenvalue weighted by molar-refractivity contribution is 0.252. The van der Waals surface area contributed by atoms with E-state index >= 15 is 0 Å². The first-order chi connectivity index (χ1) is 10.5. The molecule has 2 aromatic carbocycles. The maximum Gasteiger partial charge on any atom is 0.339 e. The number of nitrogens with zero attached hydrogens (tertiary/aromatic N) is 1. The Labute approximate surface area is 138 Å². The number of hydrogen-bond acceptors (Lipinski definition) is 2. The fourth-order valence-electron chi connectivity index (χ4n) is 2.04. The van der Waals surface area contributed by atoms with Crippen LogP contribution in [0.3, 0.4) is 0 Å². The first-order valence-electron chi connectivity index (χ1n) is 6.91. The number of urea groups is 1. The molecule has 0 spiro atoms. The molecule has 0 atom stereocenters. The van der Waals surface area contributed by atoms with E-state index < -0.39 is 0 Å². The fraction of sp³-hybridized carbons (Fsp3) is 0.176. The summed E-state index contributed by atoms with van der Waals surface area (Å²) < 4.78 is 1.00. The second-order valence-electron chi connectivity index (χ2n) is 5.04. The molecule has 22 heavy (non-hydrogen) atoms. The zero-order valence-electron chi connectivity index (χ0n) is 12.8. The molecular formula is C17H18BrN3O. The number of rotatable bonds is 3. The summed E-state index contributed by atoms with van der Waals surface area (Å²) in [5, 5.41) is 6.95. The first-order valence-corrected chi connectivity index (χ1v) is 7.70. The molecule has 2 N–H and O–H groups in total. The van der Waals surface area contributed by atoms with Gasteiger partial charge in [-0.05, 0) is 49.6 Å². The summed E-state index contributed by atoms with van der Waals surface area (Å²) >= 11 is 3.39. The van der Waals surface area contributed by atoms with E-state index in [9.17, 15) is 4.79 Å². The van der Waals surface area contributed by atoms with Crippen LogP contribution in [0.15, 0.2) is 52.0 Å². The number of halogens is 1. The smallest absolute Gasteiger partial charge is 0.306 e. The summed E-state index contributed by atoms with van der Waals surface area (Å²) in [5.74, 6) is 0. The summed E-state index contributed by atoms with van der Waals surface area (Å²) in [6.07, 6.45) is 0. The normalized spacial score (nSPS) is 11.2. The van der Waals surface area contributed by atoms with Crippen molar-refractivity contribution in [2.45, 2.75) is 20.8 Å². The number of nitrogens with one attached hydrogen (secondary N) is 2. The van der Waals surface area contributed by atoms with Crippen molar-refractivity contribution in [3.8, 4) is 0 Å². The van der Waals surface area contributed by atoms with E-state index in [1.165, 1.54) is 0 Å². The van der Waals surface area contributed by atoms with Crippen LogP contribution in [-0.4, -0.2) is 11.7 Å². The van der Waals surface area contributed by atoms with Crippen LogP contribution in [0.4, 0.5) is 10.5 Å². The lowest BCUT2D eigenvalue weighted by Crippen LogP contribution is -2.26. The Morgan fingerprint density at radius 3 is 2.23 bits per heavy atom. The van der Waals surface area contributed by atoms with Gasteiger partial charge in [-0.2, -0.15) is 5.10 Å². The maximum atomic E-state index is 12.0. The third kappa shape index (κ3) is 4.18. The average molecular weight is 360 g/mol. The maximum absolute atomic E-state index is 12.0. The van der Waals surface area contributed by atoms with E-state index in [0.29, 0.717) is 0 Å². The molecular weight excluding hydrogens is 342 g/mol. The predicted molar refractivity (Wildman–Crippen MR) is 94.4 cm³/mol. The summed E-state index contributed by atoms with van der Waals surface area (Å²) in [6.45, 7) is 5.76. The number of carbonyl (C=O) groups is 1. The average Bonchev–Trinajstić information content (AvgIpc) is 2.49. The van der Waals surface area contributed by atoms with E-state index in [4.69, 9.17) is 0 Å². The van der Waals surface area contributed by atoms with Gasteiger partial charge in [0.15, 0.2) is 0 Å². The van der Waals surface area contributed by atoms with Gasteiger partial charge < -0.3 is 5.32 Å². The minimum Gasteiger partial charge on any atom is -0.306 e. The Morgan fingerprint density at radius 1 is 1.05 bits per heavy atom. The molecule has 0 aromatic heterocycles. The highest BCUT2D eigenvalue weighted by molar-refractivity contribution is 9.10. The number of hydrogen-bond donors (Lipinski definition) is 2. The van der Waals surface area contributed by atoms with Crippen LogP contribution in [0.5, 0.6) is 0 Å². The second kappa shape index (κ2) is 7.22. The van der Waals surface area contributed by atoms with Crippen LogP contribution >= 0.6 is 15.9 Å². The Kier molecular flexibility index (Phi) is 5.33. The lowest BCUT2D eigenvalue weighted by atomic mass is 10.1. The van der Waals surface area contributed by atoms with Crippen LogP contribution < -0.4 is 10.7 Å². The molecule has 0 fully saturated rings. The second-order valence-corrected chi connectivity index (χ2v) is 5.95. The molecule has 114 valence electrons. The number of aryl methyl sites for hydroxylation is 2. The summed E-state index contributed by atoms with van der Waals surface area (Å²) in [6, 6.07) is 13.3. The van der Waals surface area contributed by atoms with Crippen molar-refractivity contribution in [2.75, 3.05) is 5.32 Å². The van der Waals surface area contributed by atoms with Gasteiger partial charge in [0, 0.05) is 10.2 Å². The van der Waals surface area contributed by atoms with Crippen molar-refractivity contribution in [2.24, 2.45) is 5.10 Å². The quantitative estimate of drug-likeness (QED) is 0.609. The van der Waals surface area contributed by atoms with Crippen molar-refractivity contribution in [3.05, 3.63) is 63.6 Å². The van der Waals surface area contributed by atoms with Gasteiger partial charge in [0.2, 0.25) is 0 Å². The van der Waals surface area contributed by atoms with Crippen molar-refractivity contribution in [1.82, 2.24) is 5.43 Å². The SMILES string of the molecule is C/C(=N\NC(=O)Nc1c(C)cccc1C)c1ccc(Br)cc1. The zero-order chi connectivity index (χ0) is 16.1. The molecule has 0 aliphatic carbocycles. The van der Waals surface area contributed by atoms with E-state index in [0.717, 1.165) is 32.6 Å². The van der Waals surface area contributed by atoms with E-state index in [1.807, 2.05) is 63.2 Å². The predicted octanol–water partition coefficient (Wildman–Crippen LogP) is 4.61. The van der Waals surface area contributed by atoms with Gasteiger partial charge in [-0.25, -0.2) is 10.2 Å². The number of benzene rings is 2. The van der Waals surface area contributed by atoms with Crippen molar-refractivity contribution >= 4 is 33.4 Å². The van der Waals surface area contributed by atoms with Crippen LogP contribution in [0.25, 0.3) is 0 Å². The Balaban J connectivity index is 2.03. The lowest BCUT2D eigenvalue weighted by Gasteiger charge is -2.11.